The van der Waals surface area contributed by atoms with E-state index in [1.165, 1.54) is 16.7 Å². The summed E-state index contributed by atoms with van der Waals surface area (Å²) in [5.41, 5.74) is -0.192. The van der Waals surface area contributed by atoms with Gasteiger partial charge in [-0.25, -0.2) is 4.98 Å². The van der Waals surface area contributed by atoms with E-state index in [0.29, 0.717) is 5.78 Å². The summed E-state index contributed by atoms with van der Waals surface area (Å²) in [5, 5.41) is 19.4. The Labute approximate surface area is 108 Å². The van der Waals surface area contributed by atoms with Crippen LogP contribution in [0, 0.1) is 5.92 Å². The molecule has 2 aromatic heterocycles. The molecular formula is C12H15N3O4. The van der Waals surface area contributed by atoms with E-state index < -0.39 is 18.4 Å². The number of rotatable bonds is 2. The molecule has 3 heterocycles. The second-order valence-electron chi connectivity index (χ2n) is 4.76. The van der Waals surface area contributed by atoms with Gasteiger partial charge in [0.15, 0.2) is 6.23 Å². The highest BCUT2D eigenvalue weighted by atomic mass is 16.5. The van der Waals surface area contributed by atoms with E-state index in [4.69, 9.17) is 4.74 Å². The predicted molar refractivity (Wildman–Crippen MR) is 65.6 cm³/mol. The molecule has 1 aliphatic rings. The van der Waals surface area contributed by atoms with Crippen LogP contribution in [-0.4, -0.2) is 43.0 Å². The molecule has 0 aromatic carbocycles. The van der Waals surface area contributed by atoms with Crippen molar-refractivity contribution in [3.8, 4) is 0 Å². The van der Waals surface area contributed by atoms with Gasteiger partial charge in [0.1, 0.15) is 6.10 Å². The lowest BCUT2D eigenvalue weighted by atomic mass is 10.0. The number of nitrogens with zero attached hydrogens (tertiary/aromatic N) is 3. The second kappa shape index (κ2) is 4.44. The first kappa shape index (κ1) is 12.3. The quantitative estimate of drug-likeness (QED) is 0.755. The number of aromatic nitrogens is 3. The molecule has 3 rings (SSSR count). The van der Waals surface area contributed by atoms with Gasteiger partial charge in [0.2, 0.25) is 5.78 Å². The Morgan fingerprint density at radius 3 is 2.95 bits per heavy atom. The number of ether oxygens (including phenoxy) is 1. The summed E-state index contributed by atoms with van der Waals surface area (Å²) in [7, 11) is 0. The van der Waals surface area contributed by atoms with Gasteiger partial charge < -0.3 is 14.9 Å². The van der Waals surface area contributed by atoms with E-state index in [1.807, 2.05) is 6.92 Å². The maximum atomic E-state index is 11.6. The summed E-state index contributed by atoms with van der Waals surface area (Å²) >= 11 is 0. The molecule has 1 saturated heterocycles. The van der Waals surface area contributed by atoms with Gasteiger partial charge in [-0.1, -0.05) is 6.92 Å². The van der Waals surface area contributed by atoms with E-state index >= 15 is 0 Å². The zero-order valence-corrected chi connectivity index (χ0v) is 10.4. The summed E-state index contributed by atoms with van der Waals surface area (Å²) < 4.78 is 8.64. The molecule has 102 valence electrons. The Balaban J connectivity index is 2.08. The molecule has 0 saturated carbocycles. The number of aliphatic hydroxyl groups is 2. The van der Waals surface area contributed by atoms with Crippen LogP contribution in [0.2, 0.25) is 0 Å². The second-order valence-corrected chi connectivity index (χ2v) is 4.76. The first-order chi connectivity index (χ1) is 9.13. The van der Waals surface area contributed by atoms with E-state index in [9.17, 15) is 15.0 Å². The first-order valence-electron chi connectivity index (χ1n) is 6.12. The number of fused-ring (bicyclic) bond motifs is 1. The van der Waals surface area contributed by atoms with Gasteiger partial charge >= 0.3 is 0 Å². The zero-order valence-electron chi connectivity index (χ0n) is 10.4. The SMILES string of the molecule is C[C@H]1[C@@H](O)[C@H](n2ccc(=O)n3ccnc23)O[C@@H]1CO. The molecule has 2 N–H and O–H groups in total. The fourth-order valence-corrected chi connectivity index (χ4v) is 2.45. The van der Waals surface area contributed by atoms with Crippen LogP contribution in [0.5, 0.6) is 0 Å². The first-order valence-corrected chi connectivity index (χ1v) is 6.12. The molecule has 0 radical (unpaired) electrons. The Kier molecular flexibility index (Phi) is 2.89. The average molecular weight is 265 g/mol. The van der Waals surface area contributed by atoms with Crippen molar-refractivity contribution < 1.29 is 14.9 Å². The maximum absolute atomic E-state index is 11.6. The van der Waals surface area contributed by atoms with Crippen LogP contribution in [0.25, 0.3) is 5.78 Å². The van der Waals surface area contributed by atoms with Gasteiger partial charge in [-0.2, -0.15) is 0 Å². The molecule has 4 atom stereocenters. The maximum Gasteiger partial charge on any atom is 0.258 e. The van der Waals surface area contributed by atoms with Gasteiger partial charge in [0, 0.05) is 30.6 Å². The Bertz CT molecular complexity index is 650. The van der Waals surface area contributed by atoms with Crippen molar-refractivity contribution in [2.45, 2.75) is 25.4 Å². The zero-order chi connectivity index (χ0) is 13.6. The summed E-state index contributed by atoms with van der Waals surface area (Å²) in [5.74, 6) is 0.215. The topological polar surface area (TPSA) is 89.0 Å². The van der Waals surface area contributed by atoms with Crippen molar-refractivity contribution in [1.82, 2.24) is 14.0 Å². The van der Waals surface area contributed by atoms with E-state index in [2.05, 4.69) is 4.98 Å². The molecule has 2 aromatic rings. The molecule has 0 bridgehead atoms. The highest BCUT2D eigenvalue weighted by Gasteiger charge is 2.41. The third kappa shape index (κ3) is 1.78. The number of aliphatic hydroxyl groups excluding tert-OH is 2. The van der Waals surface area contributed by atoms with Crippen molar-refractivity contribution in [1.29, 1.82) is 0 Å². The fourth-order valence-electron chi connectivity index (χ4n) is 2.45. The largest absolute Gasteiger partial charge is 0.394 e. The van der Waals surface area contributed by atoms with Crippen LogP contribution < -0.4 is 5.56 Å². The van der Waals surface area contributed by atoms with Crippen LogP contribution in [0.15, 0.2) is 29.5 Å². The van der Waals surface area contributed by atoms with E-state index in [0.717, 1.165) is 0 Å². The van der Waals surface area contributed by atoms with Crippen molar-refractivity contribution in [2.24, 2.45) is 5.92 Å². The monoisotopic (exact) mass is 265 g/mol. The molecule has 1 aliphatic heterocycles. The lowest BCUT2D eigenvalue weighted by Gasteiger charge is -2.19. The summed E-state index contributed by atoms with van der Waals surface area (Å²) in [4.78, 5) is 15.7. The van der Waals surface area contributed by atoms with Crippen LogP contribution >= 0.6 is 0 Å². The molecule has 7 nitrogen and oxygen atoms in total. The minimum atomic E-state index is -0.764. The third-order valence-electron chi connectivity index (χ3n) is 3.65. The van der Waals surface area contributed by atoms with E-state index in [1.54, 1.807) is 17.0 Å². The Morgan fingerprint density at radius 1 is 1.47 bits per heavy atom. The number of hydrogen-bond donors (Lipinski definition) is 2. The molecule has 19 heavy (non-hydrogen) atoms. The van der Waals surface area contributed by atoms with Gasteiger partial charge in [-0.15, -0.1) is 0 Å². The van der Waals surface area contributed by atoms with Crippen LogP contribution in [0.1, 0.15) is 13.2 Å². The highest BCUT2D eigenvalue weighted by molar-refractivity contribution is 5.29. The van der Waals surface area contributed by atoms with Crippen molar-refractivity contribution in [3.63, 3.8) is 0 Å². The summed E-state index contributed by atoms with van der Waals surface area (Å²) in [6, 6.07) is 1.39. The Hall–Kier alpha value is -1.70. The average Bonchev–Trinajstić information content (AvgIpc) is 2.99. The molecule has 7 heteroatoms. The normalized spacial score (nSPS) is 31.1. The summed E-state index contributed by atoms with van der Waals surface area (Å²) in [6.07, 6.45) is 2.78. The molecule has 0 unspecified atom stereocenters. The molecular weight excluding hydrogens is 250 g/mol. The van der Waals surface area contributed by atoms with Crippen LogP contribution in [-0.2, 0) is 4.74 Å². The van der Waals surface area contributed by atoms with Gasteiger partial charge in [0.25, 0.3) is 5.56 Å². The van der Waals surface area contributed by atoms with Gasteiger partial charge in [-0.3, -0.25) is 13.8 Å². The van der Waals surface area contributed by atoms with Gasteiger partial charge in [-0.05, 0) is 0 Å². The van der Waals surface area contributed by atoms with Crippen molar-refractivity contribution in [3.05, 3.63) is 35.0 Å². The van der Waals surface area contributed by atoms with Crippen molar-refractivity contribution >= 4 is 5.78 Å². The highest BCUT2D eigenvalue weighted by Crippen LogP contribution is 2.33. The lowest BCUT2D eigenvalue weighted by molar-refractivity contribution is -0.0497. The molecule has 1 fully saturated rings. The van der Waals surface area contributed by atoms with Gasteiger partial charge in [0.05, 0.1) is 12.7 Å². The summed E-state index contributed by atoms with van der Waals surface area (Å²) in [6.45, 7) is 1.66. The van der Waals surface area contributed by atoms with E-state index in [-0.39, 0.29) is 18.1 Å². The fraction of sp³-hybridized carbons (Fsp3) is 0.500. The molecule has 0 aliphatic carbocycles. The van der Waals surface area contributed by atoms with Crippen LogP contribution in [0.3, 0.4) is 0 Å². The number of hydrogen-bond acceptors (Lipinski definition) is 5. The molecule has 0 amide bonds. The van der Waals surface area contributed by atoms with Crippen LogP contribution in [0.4, 0.5) is 0 Å². The lowest BCUT2D eigenvalue weighted by Crippen LogP contribution is -2.27. The standard InChI is InChI=1S/C12H15N3O4/c1-7-8(6-16)19-11(10(7)18)15-4-2-9(17)14-5-3-13-12(14)15/h2-5,7-8,10-11,16,18H,6H2,1H3/t7-,8-,10-,11-/m1/s1. The molecule has 0 spiro atoms. The minimum Gasteiger partial charge on any atom is -0.394 e. The Morgan fingerprint density at radius 2 is 2.26 bits per heavy atom. The van der Waals surface area contributed by atoms with Crippen molar-refractivity contribution in [2.75, 3.05) is 6.61 Å². The minimum absolute atomic E-state index is 0.153. The third-order valence-corrected chi connectivity index (χ3v) is 3.65. The smallest absolute Gasteiger partial charge is 0.258 e. The number of imidazole rings is 1. The predicted octanol–water partition coefficient (Wildman–Crippen LogP) is -0.617.